The van der Waals surface area contributed by atoms with Crippen LogP contribution in [0.4, 0.5) is 0 Å². The molecule has 0 spiro atoms. The summed E-state index contributed by atoms with van der Waals surface area (Å²) in [6.45, 7) is 6.55. The zero-order valence-corrected chi connectivity index (χ0v) is 14.6. The first-order chi connectivity index (χ1) is 10.7. The van der Waals surface area contributed by atoms with Crippen LogP contribution in [0.15, 0.2) is 11.2 Å². The van der Waals surface area contributed by atoms with Crippen LogP contribution in [0.1, 0.15) is 16.8 Å². The average Bonchev–Trinajstić information content (AvgIpc) is 2.98. The van der Waals surface area contributed by atoms with E-state index in [-0.39, 0.29) is 6.10 Å². The molecule has 1 aromatic heterocycles. The van der Waals surface area contributed by atoms with Crippen LogP contribution in [-0.2, 0) is 17.6 Å². The Morgan fingerprint density at radius 2 is 2.41 bits per heavy atom. The Morgan fingerprint density at radius 1 is 1.55 bits per heavy atom. The molecule has 1 fully saturated rings. The summed E-state index contributed by atoms with van der Waals surface area (Å²) in [5.41, 5.74) is 0. The van der Waals surface area contributed by atoms with Crippen LogP contribution < -0.4 is 10.6 Å². The number of aryl methyl sites for hydroxylation is 1. The van der Waals surface area contributed by atoms with E-state index in [0.29, 0.717) is 0 Å². The maximum atomic E-state index is 5.74. The molecule has 7 heteroatoms. The largest absolute Gasteiger partial charge is 0.374 e. The van der Waals surface area contributed by atoms with Crippen molar-refractivity contribution < 1.29 is 4.74 Å². The predicted octanol–water partition coefficient (Wildman–Crippen LogP) is 0.744. The number of nitrogens with zero attached hydrogens (tertiary/aromatic N) is 3. The molecule has 1 aromatic rings. The van der Waals surface area contributed by atoms with Crippen molar-refractivity contribution in [3.05, 3.63) is 16.1 Å². The lowest BCUT2D eigenvalue weighted by Crippen LogP contribution is -2.48. The molecule has 1 saturated heterocycles. The lowest BCUT2D eigenvalue weighted by molar-refractivity contribution is -0.0161. The lowest BCUT2D eigenvalue weighted by atomic mass is 10.3. The minimum atomic E-state index is 0.225. The third-order valence-corrected chi connectivity index (χ3v) is 4.85. The minimum Gasteiger partial charge on any atom is -0.374 e. The standard InChI is InChI=1S/C15H27N5OS/c1-4-13-10-18-14(22-13)5-6-17-15(16-2)19-9-12-11-20(3)7-8-21-12/h10,12H,4-9,11H2,1-3H3,(H2,16,17,19). The van der Waals surface area contributed by atoms with Crippen LogP contribution in [0, 0.1) is 0 Å². The molecule has 2 heterocycles. The Labute approximate surface area is 137 Å². The molecular weight excluding hydrogens is 298 g/mol. The fraction of sp³-hybridized carbons (Fsp3) is 0.733. The van der Waals surface area contributed by atoms with Crippen molar-refractivity contribution in [2.24, 2.45) is 4.99 Å². The molecule has 124 valence electrons. The van der Waals surface area contributed by atoms with E-state index in [1.807, 2.05) is 6.20 Å². The van der Waals surface area contributed by atoms with Gasteiger partial charge in [-0.15, -0.1) is 11.3 Å². The number of hydrogen-bond acceptors (Lipinski definition) is 5. The summed E-state index contributed by atoms with van der Waals surface area (Å²) < 4.78 is 5.74. The highest BCUT2D eigenvalue weighted by molar-refractivity contribution is 7.11. The second-order valence-corrected chi connectivity index (χ2v) is 6.66. The van der Waals surface area contributed by atoms with E-state index in [4.69, 9.17) is 4.74 Å². The molecule has 0 bridgehead atoms. The highest BCUT2D eigenvalue weighted by Gasteiger charge is 2.17. The van der Waals surface area contributed by atoms with Gasteiger partial charge in [0.05, 0.1) is 17.7 Å². The van der Waals surface area contributed by atoms with E-state index < -0.39 is 0 Å². The maximum Gasteiger partial charge on any atom is 0.191 e. The summed E-state index contributed by atoms with van der Waals surface area (Å²) >= 11 is 1.79. The first kappa shape index (κ1) is 17.2. The lowest BCUT2D eigenvalue weighted by Gasteiger charge is -2.30. The molecule has 1 atom stereocenters. The third-order valence-electron chi connectivity index (χ3n) is 3.64. The quantitative estimate of drug-likeness (QED) is 0.597. The number of aromatic nitrogens is 1. The average molecular weight is 325 g/mol. The molecular formula is C15H27N5OS. The normalized spacial score (nSPS) is 20.1. The molecule has 2 rings (SSSR count). The van der Waals surface area contributed by atoms with Gasteiger partial charge in [-0.05, 0) is 13.5 Å². The zero-order valence-electron chi connectivity index (χ0n) is 13.8. The van der Waals surface area contributed by atoms with Gasteiger partial charge in [0.25, 0.3) is 0 Å². The zero-order chi connectivity index (χ0) is 15.8. The van der Waals surface area contributed by atoms with Crippen molar-refractivity contribution in [1.29, 1.82) is 0 Å². The Balaban J connectivity index is 1.66. The Morgan fingerprint density at radius 3 is 3.09 bits per heavy atom. The summed E-state index contributed by atoms with van der Waals surface area (Å²) in [6, 6.07) is 0. The molecule has 0 aliphatic carbocycles. The number of nitrogens with one attached hydrogen (secondary N) is 2. The van der Waals surface area contributed by atoms with Crippen LogP contribution in [0.3, 0.4) is 0 Å². The molecule has 0 saturated carbocycles. The van der Waals surface area contributed by atoms with Gasteiger partial charge in [-0.1, -0.05) is 6.92 Å². The Bertz CT molecular complexity index is 476. The van der Waals surface area contributed by atoms with E-state index in [1.54, 1.807) is 18.4 Å². The van der Waals surface area contributed by atoms with Crippen LogP contribution >= 0.6 is 11.3 Å². The van der Waals surface area contributed by atoms with E-state index in [2.05, 4.69) is 39.5 Å². The Hall–Kier alpha value is -1.18. The predicted molar refractivity (Wildman–Crippen MR) is 91.8 cm³/mol. The van der Waals surface area contributed by atoms with Gasteiger partial charge < -0.3 is 20.3 Å². The topological polar surface area (TPSA) is 61.8 Å². The van der Waals surface area contributed by atoms with Crippen LogP contribution in [-0.4, -0.2) is 68.8 Å². The maximum absolute atomic E-state index is 5.74. The summed E-state index contributed by atoms with van der Waals surface area (Å²) in [5.74, 6) is 0.823. The molecule has 0 amide bonds. The van der Waals surface area contributed by atoms with Crippen molar-refractivity contribution in [2.45, 2.75) is 25.9 Å². The number of guanidine groups is 1. The smallest absolute Gasteiger partial charge is 0.191 e. The van der Waals surface area contributed by atoms with Gasteiger partial charge in [0, 0.05) is 50.7 Å². The number of rotatable bonds is 6. The van der Waals surface area contributed by atoms with Crippen molar-refractivity contribution in [3.63, 3.8) is 0 Å². The second kappa shape index (κ2) is 9.07. The minimum absolute atomic E-state index is 0.225. The van der Waals surface area contributed by atoms with E-state index in [1.165, 1.54) is 9.88 Å². The SMILES string of the molecule is CCc1cnc(CCNC(=NC)NCC2CN(C)CCO2)s1. The van der Waals surface area contributed by atoms with E-state index >= 15 is 0 Å². The van der Waals surface area contributed by atoms with Gasteiger partial charge in [-0.25, -0.2) is 4.98 Å². The van der Waals surface area contributed by atoms with Gasteiger partial charge in [0.2, 0.25) is 0 Å². The molecule has 2 N–H and O–H groups in total. The highest BCUT2D eigenvalue weighted by atomic mass is 32.1. The summed E-state index contributed by atoms with van der Waals surface area (Å²) in [4.78, 5) is 12.3. The van der Waals surface area contributed by atoms with Gasteiger partial charge in [0.15, 0.2) is 5.96 Å². The van der Waals surface area contributed by atoms with Gasteiger partial charge in [-0.3, -0.25) is 4.99 Å². The van der Waals surface area contributed by atoms with Gasteiger partial charge >= 0.3 is 0 Å². The van der Waals surface area contributed by atoms with Crippen LogP contribution in [0.25, 0.3) is 0 Å². The number of likely N-dealkylation sites (N-methyl/N-ethyl adjacent to an activating group) is 1. The van der Waals surface area contributed by atoms with E-state index in [9.17, 15) is 0 Å². The molecule has 1 unspecified atom stereocenters. The summed E-state index contributed by atoms with van der Waals surface area (Å²) in [6.07, 6.45) is 4.19. The summed E-state index contributed by atoms with van der Waals surface area (Å²) in [5, 5.41) is 7.84. The Kier molecular flexibility index (Phi) is 7.08. The van der Waals surface area contributed by atoms with Gasteiger partial charge in [-0.2, -0.15) is 0 Å². The van der Waals surface area contributed by atoms with E-state index in [0.717, 1.165) is 51.6 Å². The second-order valence-electron chi connectivity index (χ2n) is 5.46. The molecule has 22 heavy (non-hydrogen) atoms. The number of hydrogen-bond donors (Lipinski definition) is 2. The number of thiazole rings is 1. The fourth-order valence-corrected chi connectivity index (χ4v) is 3.20. The first-order valence-corrected chi connectivity index (χ1v) is 8.71. The fourth-order valence-electron chi connectivity index (χ4n) is 2.34. The molecule has 6 nitrogen and oxygen atoms in total. The van der Waals surface area contributed by atoms with Gasteiger partial charge in [0.1, 0.15) is 0 Å². The number of aliphatic imine (C=N–C) groups is 1. The van der Waals surface area contributed by atoms with Crippen LogP contribution in [0.5, 0.6) is 0 Å². The molecule has 1 aliphatic heterocycles. The van der Waals surface area contributed by atoms with Crippen molar-refractivity contribution in [1.82, 2.24) is 20.5 Å². The van der Waals surface area contributed by atoms with Crippen LogP contribution in [0.2, 0.25) is 0 Å². The molecule has 0 aromatic carbocycles. The molecule has 0 radical (unpaired) electrons. The monoisotopic (exact) mass is 325 g/mol. The molecule has 1 aliphatic rings. The highest BCUT2D eigenvalue weighted by Crippen LogP contribution is 2.13. The number of morpholine rings is 1. The van der Waals surface area contributed by atoms with Crippen molar-refractivity contribution in [3.8, 4) is 0 Å². The number of ether oxygens (including phenoxy) is 1. The first-order valence-electron chi connectivity index (χ1n) is 7.89. The summed E-state index contributed by atoms with van der Waals surface area (Å²) in [7, 11) is 3.92. The van der Waals surface area contributed by atoms with Crippen molar-refractivity contribution in [2.75, 3.05) is 46.9 Å². The third kappa shape index (κ3) is 5.55. The van der Waals surface area contributed by atoms with Crippen molar-refractivity contribution >= 4 is 17.3 Å².